The largest absolute Gasteiger partial charge is 0.387 e. The molecule has 4 heteroatoms. The molecule has 4 nitrogen and oxygen atoms in total. The molecule has 2 aliphatic heterocycles. The standard InChI is InChI=1S/C11H17N3O/c15-11(9-3-1-5-12-7-9)14-10-4-2-6-13-8-10/h1,3,5,10,12-13H,2,4,6-8H2,(H,14,15). The fraction of sp³-hybridized carbons (Fsp3) is 0.545. The first-order valence-corrected chi connectivity index (χ1v) is 5.47. The summed E-state index contributed by atoms with van der Waals surface area (Å²) in [7, 11) is 0. The van der Waals surface area contributed by atoms with Gasteiger partial charge in [-0.3, -0.25) is 4.79 Å². The van der Waals surface area contributed by atoms with Gasteiger partial charge in [0.2, 0.25) is 5.91 Å². The van der Waals surface area contributed by atoms with E-state index in [1.807, 2.05) is 18.4 Å². The normalized spacial score (nSPS) is 25.3. The smallest absolute Gasteiger partial charge is 0.249 e. The maximum absolute atomic E-state index is 11.8. The third-order valence-corrected chi connectivity index (χ3v) is 2.73. The minimum Gasteiger partial charge on any atom is -0.387 e. The summed E-state index contributed by atoms with van der Waals surface area (Å²) in [5.41, 5.74) is 0.808. The lowest BCUT2D eigenvalue weighted by molar-refractivity contribution is -0.118. The molecule has 2 aliphatic rings. The van der Waals surface area contributed by atoms with Crippen molar-refractivity contribution in [1.82, 2.24) is 16.0 Å². The molecule has 0 bridgehead atoms. The Morgan fingerprint density at radius 3 is 3.13 bits per heavy atom. The van der Waals surface area contributed by atoms with E-state index in [1.54, 1.807) is 0 Å². The summed E-state index contributed by atoms with van der Waals surface area (Å²) >= 11 is 0. The Balaban J connectivity index is 1.85. The van der Waals surface area contributed by atoms with E-state index >= 15 is 0 Å². The number of rotatable bonds is 2. The molecule has 0 spiro atoms. The first kappa shape index (κ1) is 10.2. The monoisotopic (exact) mass is 207 g/mol. The Bertz CT molecular complexity index is 290. The lowest BCUT2D eigenvalue weighted by atomic mass is 10.1. The molecule has 0 saturated carbocycles. The number of allylic oxidation sites excluding steroid dienone is 2. The van der Waals surface area contributed by atoms with Gasteiger partial charge in [0.15, 0.2) is 0 Å². The molecule has 0 radical (unpaired) electrons. The van der Waals surface area contributed by atoms with Gasteiger partial charge < -0.3 is 16.0 Å². The number of piperidine rings is 1. The van der Waals surface area contributed by atoms with Crippen LogP contribution < -0.4 is 16.0 Å². The quantitative estimate of drug-likeness (QED) is 0.592. The van der Waals surface area contributed by atoms with E-state index in [9.17, 15) is 4.79 Å². The summed E-state index contributed by atoms with van der Waals surface area (Å²) in [6, 6.07) is 0.290. The lowest BCUT2D eigenvalue weighted by Gasteiger charge is -2.24. The highest BCUT2D eigenvalue weighted by atomic mass is 16.1. The molecule has 0 aromatic carbocycles. The van der Waals surface area contributed by atoms with Crippen LogP contribution >= 0.6 is 0 Å². The van der Waals surface area contributed by atoms with Crippen LogP contribution in [0.4, 0.5) is 0 Å². The number of carbonyl (C=O) groups excluding carboxylic acids is 1. The van der Waals surface area contributed by atoms with Gasteiger partial charge in [0.1, 0.15) is 0 Å². The molecule has 1 amide bonds. The van der Waals surface area contributed by atoms with Crippen LogP contribution in [0.1, 0.15) is 12.8 Å². The Morgan fingerprint density at radius 2 is 2.47 bits per heavy atom. The van der Waals surface area contributed by atoms with Crippen molar-refractivity contribution in [3.05, 3.63) is 23.9 Å². The van der Waals surface area contributed by atoms with Crippen molar-refractivity contribution in [3.63, 3.8) is 0 Å². The van der Waals surface area contributed by atoms with Gasteiger partial charge in [0.05, 0.1) is 0 Å². The van der Waals surface area contributed by atoms with Crippen molar-refractivity contribution in [1.29, 1.82) is 0 Å². The number of hydrogen-bond acceptors (Lipinski definition) is 3. The summed E-state index contributed by atoms with van der Waals surface area (Å²) in [4.78, 5) is 11.8. The molecule has 15 heavy (non-hydrogen) atoms. The Morgan fingerprint density at radius 1 is 1.53 bits per heavy atom. The van der Waals surface area contributed by atoms with E-state index < -0.39 is 0 Å². The Labute approximate surface area is 89.8 Å². The van der Waals surface area contributed by atoms with E-state index in [2.05, 4.69) is 16.0 Å². The topological polar surface area (TPSA) is 53.2 Å². The summed E-state index contributed by atoms with van der Waals surface area (Å²) in [5.74, 6) is 0.0561. The zero-order valence-corrected chi connectivity index (χ0v) is 8.75. The highest BCUT2D eigenvalue weighted by molar-refractivity contribution is 5.94. The van der Waals surface area contributed by atoms with Crippen LogP contribution in [0.3, 0.4) is 0 Å². The average Bonchev–Trinajstić information content (AvgIpc) is 2.31. The van der Waals surface area contributed by atoms with Crippen molar-refractivity contribution in [2.45, 2.75) is 18.9 Å². The molecule has 1 atom stereocenters. The van der Waals surface area contributed by atoms with Crippen LogP contribution in [0.2, 0.25) is 0 Å². The van der Waals surface area contributed by atoms with Crippen molar-refractivity contribution in [2.24, 2.45) is 0 Å². The second-order valence-electron chi connectivity index (χ2n) is 3.95. The van der Waals surface area contributed by atoms with Crippen LogP contribution in [-0.4, -0.2) is 31.6 Å². The van der Waals surface area contributed by atoms with E-state index in [1.165, 1.54) is 0 Å². The molecular weight excluding hydrogens is 190 g/mol. The van der Waals surface area contributed by atoms with E-state index in [0.717, 1.165) is 31.5 Å². The summed E-state index contributed by atoms with van der Waals surface area (Å²) in [6.45, 7) is 2.59. The fourth-order valence-electron chi connectivity index (χ4n) is 1.87. The van der Waals surface area contributed by atoms with Gasteiger partial charge in [-0.2, -0.15) is 0 Å². The summed E-state index contributed by atoms with van der Waals surface area (Å²) < 4.78 is 0. The fourth-order valence-corrected chi connectivity index (χ4v) is 1.87. The number of dihydropyridines is 1. The first-order chi connectivity index (χ1) is 7.36. The summed E-state index contributed by atoms with van der Waals surface area (Å²) in [5, 5.41) is 9.35. The van der Waals surface area contributed by atoms with Crippen LogP contribution in [0.25, 0.3) is 0 Å². The molecule has 3 N–H and O–H groups in total. The van der Waals surface area contributed by atoms with Crippen molar-refractivity contribution in [3.8, 4) is 0 Å². The molecule has 0 aromatic heterocycles. The maximum Gasteiger partial charge on any atom is 0.249 e. The summed E-state index contributed by atoms with van der Waals surface area (Å²) in [6.07, 6.45) is 7.79. The molecule has 82 valence electrons. The van der Waals surface area contributed by atoms with E-state index in [4.69, 9.17) is 0 Å². The third kappa shape index (κ3) is 2.83. The SMILES string of the molecule is O=C(NC1CCCNC1)C1=CC=CNC1. The van der Waals surface area contributed by atoms with Gasteiger partial charge >= 0.3 is 0 Å². The number of nitrogens with one attached hydrogen (secondary N) is 3. The first-order valence-electron chi connectivity index (χ1n) is 5.47. The minimum atomic E-state index is 0.0561. The van der Waals surface area contributed by atoms with Gasteiger partial charge in [-0.15, -0.1) is 0 Å². The molecule has 0 aromatic rings. The average molecular weight is 207 g/mol. The predicted octanol–water partition coefficient (Wildman–Crippen LogP) is -0.102. The molecule has 2 rings (SSSR count). The predicted molar refractivity (Wildman–Crippen MR) is 59.3 cm³/mol. The molecule has 0 aliphatic carbocycles. The van der Waals surface area contributed by atoms with E-state index in [0.29, 0.717) is 6.54 Å². The zero-order chi connectivity index (χ0) is 10.5. The Hall–Kier alpha value is -1.29. The molecule has 1 fully saturated rings. The highest BCUT2D eigenvalue weighted by Crippen LogP contribution is 2.04. The van der Waals surface area contributed by atoms with E-state index in [-0.39, 0.29) is 11.9 Å². The Kier molecular flexibility index (Phi) is 3.40. The second-order valence-corrected chi connectivity index (χ2v) is 3.95. The molecule has 1 saturated heterocycles. The third-order valence-electron chi connectivity index (χ3n) is 2.73. The van der Waals surface area contributed by atoms with Crippen molar-refractivity contribution < 1.29 is 4.79 Å². The minimum absolute atomic E-state index is 0.0561. The molecular formula is C11H17N3O. The lowest BCUT2D eigenvalue weighted by Crippen LogP contribution is -2.46. The van der Waals surface area contributed by atoms with Gasteiger partial charge in [-0.1, -0.05) is 6.08 Å². The van der Waals surface area contributed by atoms with Crippen LogP contribution in [0.5, 0.6) is 0 Å². The number of amides is 1. The van der Waals surface area contributed by atoms with Gasteiger partial charge in [-0.25, -0.2) is 0 Å². The zero-order valence-electron chi connectivity index (χ0n) is 8.75. The maximum atomic E-state index is 11.8. The molecule has 1 unspecified atom stereocenters. The van der Waals surface area contributed by atoms with Crippen molar-refractivity contribution >= 4 is 5.91 Å². The number of carbonyl (C=O) groups is 1. The van der Waals surface area contributed by atoms with Gasteiger partial charge in [0.25, 0.3) is 0 Å². The van der Waals surface area contributed by atoms with Crippen LogP contribution in [-0.2, 0) is 4.79 Å². The highest BCUT2D eigenvalue weighted by Gasteiger charge is 2.17. The molecule has 2 heterocycles. The number of hydrogen-bond donors (Lipinski definition) is 3. The second kappa shape index (κ2) is 4.98. The van der Waals surface area contributed by atoms with Gasteiger partial charge in [-0.05, 0) is 31.7 Å². The van der Waals surface area contributed by atoms with Crippen LogP contribution in [0, 0.1) is 0 Å². The van der Waals surface area contributed by atoms with Gasteiger partial charge in [0, 0.05) is 24.7 Å². The van der Waals surface area contributed by atoms with Crippen LogP contribution in [0.15, 0.2) is 23.9 Å². The van der Waals surface area contributed by atoms with Crippen molar-refractivity contribution in [2.75, 3.05) is 19.6 Å².